The topological polar surface area (TPSA) is 79.5 Å². The van der Waals surface area contributed by atoms with Crippen LogP contribution in [0.25, 0.3) is 0 Å². The zero-order chi connectivity index (χ0) is 18.4. The SMILES string of the molecule is Cc1ccc(C)c(C(=O)CCC(=O)NC(C)CC(O)c2ccco2)c1. The molecule has 1 aromatic carbocycles. The molecule has 2 unspecified atom stereocenters. The highest BCUT2D eigenvalue weighted by atomic mass is 16.4. The summed E-state index contributed by atoms with van der Waals surface area (Å²) < 4.78 is 5.14. The van der Waals surface area contributed by atoms with Gasteiger partial charge in [0.1, 0.15) is 11.9 Å². The minimum absolute atomic E-state index is 0.0281. The summed E-state index contributed by atoms with van der Waals surface area (Å²) in [6.07, 6.45) is 1.39. The van der Waals surface area contributed by atoms with Crippen molar-refractivity contribution in [2.75, 3.05) is 0 Å². The van der Waals surface area contributed by atoms with Gasteiger partial charge in [-0.15, -0.1) is 0 Å². The van der Waals surface area contributed by atoms with Crippen LogP contribution < -0.4 is 5.32 Å². The smallest absolute Gasteiger partial charge is 0.220 e. The van der Waals surface area contributed by atoms with Crippen LogP contribution in [-0.2, 0) is 4.79 Å². The maximum Gasteiger partial charge on any atom is 0.220 e. The van der Waals surface area contributed by atoms with Crippen LogP contribution in [0, 0.1) is 13.8 Å². The Bertz CT molecular complexity index is 721. The molecule has 2 rings (SSSR count). The lowest BCUT2D eigenvalue weighted by atomic mass is 9.99. The van der Waals surface area contributed by atoms with Crippen LogP contribution in [-0.4, -0.2) is 22.8 Å². The van der Waals surface area contributed by atoms with E-state index in [0.29, 0.717) is 17.7 Å². The molecule has 0 aliphatic carbocycles. The molecule has 0 fully saturated rings. The third-order valence-corrected chi connectivity index (χ3v) is 4.13. The van der Waals surface area contributed by atoms with Crippen LogP contribution in [0.1, 0.15) is 59.5 Å². The summed E-state index contributed by atoms with van der Waals surface area (Å²) in [6, 6.07) is 8.93. The standard InChI is InChI=1S/C20H25NO4/c1-13-6-7-14(2)16(11-13)17(22)8-9-20(24)21-15(3)12-18(23)19-5-4-10-25-19/h4-7,10-11,15,18,23H,8-9,12H2,1-3H3,(H,21,24). The fourth-order valence-electron chi connectivity index (χ4n) is 2.74. The molecule has 0 aliphatic heterocycles. The molecule has 1 heterocycles. The van der Waals surface area contributed by atoms with E-state index in [1.807, 2.05) is 39.0 Å². The largest absolute Gasteiger partial charge is 0.467 e. The number of aliphatic hydroxyl groups excluding tert-OH is 1. The highest BCUT2D eigenvalue weighted by Crippen LogP contribution is 2.18. The van der Waals surface area contributed by atoms with Gasteiger partial charge >= 0.3 is 0 Å². The Hall–Kier alpha value is -2.40. The molecule has 25 heavy (non-hydrogen) atoms. The number of benzene rings is 1. The molecule has 5 heteroatoms. The highest BCUT2D eigenvalue weighted by Gasteiger charge is 2.17. The number of carbonyl (C=O) groups excluding carboxylic acids is 2. The van der Waals surface area contributed by atoms with Crippen molar-refractivity contribution in [2.45, 2.75) is 52.2 Å². The Morgan fingerprint density at radius 3 is 2.64 bits per heavy atom. The zero-order valence-electron chi connectivity index (χ0n) is 14.9. The number of nitrogens with one attached hydrogen (secondary N) is 1. The number of hydrogen-bond donors (Lipinski definition) is 2. The van der Waals surface area contributed by atoms with Gasteiger partial charge in [0.15, 0.2) is 5.78 Å². The van der Waals surface area contributed by atoms with Gasteiger partial charge in [-0.05, 0) is 44.5 Å². The molecule has 0 saturated heterocycles. The van der Waals surface area contributed by atoms with Crippen LogP contribution >= 0.6 is 0 Å². The molecule has 2 N–H and O–H groups in total. The number of furan rings is 1. The molecule has 134 valence electrons. The average molecular weight is 343 g/mol. The van der Waals surface area contributed by atoms with Gasteiger partial charge in [-0.2, -0.15) is 0 Å². The van der Waals surface area contributed by atoms with Gasteiger partial charge in [0.25, 0.3) is 0 Å². The minimum atomic E-state index is -0.762. The molecule has 1 aromatic heterocycles. The normalized spacial score (nSPS) is 13.3. The van der Waals surface area contributed by atoms with Gasteiger partial charge in [0.05, 0.1) is 6.26 Å². The van der Waals surface area contributed by atoms with Crippen molar-refractivity contribution in [3.8, 4) is 0 Å². The summed E-state index contributed by atoms with van der Waals surface area (Å²) >= 11 is 0. The third kappa shape index (κ3) is 5.57. The van der Waals surface area contributed by atoms with Gasteiger partial charge in [-0.25, -0.2) is 0 Å². The summed E-state index contributed by atoms with van der Waals surface area (Å²) in [5, 5.41) is 12.8. The van der Waals surface area contributed by atoms with Crippen LogP contribution in [0.5, 0.6) is 0 Å². The quantitative estimate of drug-likeness (QED) is 0.719. The Morgan fingerprint density at radius 2 is 1.96 bits per heavy atom. The number of rotatable bonds is 8. The molecule has 1 amide bonds. The first-order valence-electron chi connectivity index (χ1n) is 8.48. The minimum Gasteiger partial charge on any atom is -0.467 e. The number of ketones is 1. The summed E-state index contributed by atoms with van der Waals surface area (Å²) in [5.41, 5.74) is 2.62. The first-order chi connectivity index (χ1) is 11.9. The summed E-state index contributed by atoms with van der Waals surface area (Å²) in [7, 11) is 0. The maximum absolute atomic E-state index is 12.3. The second-order valence-corrected chi connectivity index (χ2v) is 6.48. The Kier molecular flexibility index (Phi) is 6.53. The molecule has 2 aromatic rings. The Labute approximate surface area is 148 Å². The lowest BCUT2D eigenvalue weighted by Gasteiger charge is -2.16. The van der Waals surface area contributed by atoms with E-state index in [1.54, 1.807) is 12.1 Å². The van der Waals surface area contributed by atoms with Crippen molar-refractivity contribution in [1.82, 2.24) is 5.32 Å². The van der Waals surface area contributed by atoms with Crippen molar-refractivity contribution in [3.63, 3.8) is 0 Å². The van der Waals surface area contributed by atoms with Crippen LogP contribution in [0.3, 0.4) is 0 Å². The number of hydrogen-bond acceptors (Lipinski definition) is 4. The van der Waals surface area contributed by atoms with Crippen LogP contribution in [0.15, 0.2) is 41.0 Å². The summed E-state index contributed by atoms with van der Waals surface area (Å²) in [5.74, 6) is 0.253. The van der Waals surface area contributed by atoms with E-state index in [0.717, 1.165) is 11.1 Å². The van der Waals surface area contributed by atoms with E-state index in [-0.39, 0.29) is 30.6 Å². The Balaban J connectivity index is 1.80. The molecule has 2 atom stereocenters. The van der Waals surface area contributed by atoms with Gasteiger partial charge < -0.3 is 14.8 Å². The number of aryl methyl sites for hydroxylation is 2. The van der Waals surface area contributed by atoms with E-state index in [2.05, 4.69) is 5.32 Å². The zero-order valence-corrected chi connectivity index (χ0v) is 14.9. The predicted octanol–water partition coefficient (Wildman–Crippen LogP) is 3.49. The van der Waals surface area contributed by atoms with Gasteiger partial charge in [0, 0.05) is 30.9 Å². The molecule has 0 spiro atoms. The van der Waals surface area contributed by atoms with Gasteiger partial charge in [-0.1, -0.05) is 17.7 Å². The van der Waals surface area contributed by atoms with E-state index in [4.69, 9.17) is 4.42 Å². The van der Waals surface area contributed by atoms with Crippen molar-refractivity contribution < 1.29 is 19.1 Å². The molecule has 0 saturated carbocycles. The molecular formula is C20H25NO4. The molecule has 0 radical (unpaired) electrons. The monoisotopic (exact) mass is 343 g/mol. The van der Waals surface area contributed by atoms with Crippen molar-refractivity contribution >= 4 is 11.7 Å². The van der Waals surface area contributed by atoms with Crippen LogP contribution in [0.2, 0.25) is 0 Å². The maximum atomic E-state index is 12.3. The highest BCUT2D eigenvalue weighted by molar-refractivity contribution is 5.99. The fourth-order valence-corrected chi connectivity index (χ4v) is 2.74. The van der Waals surface area contributed by atoms with Crippen molar-refractivity contribution in [2.24, 2.45) is 0 Å². The second kappa shape index (κ2) is 8.62. The lowest BCUT2D eigenvalue weighted by molar-refractivity contribution is -0.121. The number of amides is 1. The molecular weight excluding hydrogens is 318 g/mol. The lowest BCUT2D eigenvalue weighted by Crippen LogP contribution is -2.33. The van der Waals surface area contributed by atoms with E-state index < -0.39 is 6.10 Å². The van der Waals surface area contributed by atoms with Gasteiger partial charge in [-0.3, -0.25) is 9.59 Å². The van der Waals surface area contributed by atoms with Crippen molar-refractivity contribution in [1.29, 1.82) is 0 Å². The third-order valence-electron chi connectivity index (χ3n) is 4.13. The van der Waals surface area contributed by atoms with E-state index in [1.165, 1.54) is 6.26 Å². The van der Waals surface area contributed by atoms with E-state index in [9.17, 15) is 14.7 Å². The van der Waals surface area contributed by atoms with Gasteiger partial charge in [0.2, 0.25) is 5.91 Å². The fraction of sp³-hybridized carbons (Fsp3) is 0.400. The van der Waals surface area contributed by atoms with Crippen LogP contribution in [0.4, 0.5) is 0 Å². The second-order valence-electron chi connectivity index (χ2n) is 6.48. The molecule has 0 bridgehead atoms. The molecule has 5 nitrogen and oxygen atoms in total. The van der Waals surface area contributed by atoms with Crippen molar-refractivity contribution in [3.05, 3.63) is 59.0 Å². The summed E-state index contributed by atoms with van der Waals surface area (Å²) in [6.45, 7) is 5.65. The molecule has 0 aliphatic rings. The predicted molar refractivity (Wildman–Crippen MR) is 95.4 cm³/mol. The number of aliphatic hydroxyl groups is 1. The first-order valence-corrected chi connectivity index (χ1v) is 8.48. The Morgan fingerprint density at radius 1 is 1.20 bits per heavy atom. The first kappa shape index (κ1) is 18.9. The number of carbonyl (C=O) groups is 2. The van der Waals surface area contributed by atoms with E-state index >= 15 is 0 Å². The number of Topliss-reactive ketones (excluding diaryl/α,β-unsaturated/α-hetero) is 1. The average Bonchev–Trinajstić information content (AvgIpc) is 3.09. The summed E-state index contributed by atoms with van der Waals surface area (Å²) in [4.78, 5) is 24.3.